The SMILES string of the molecule is CCn1nc(C(=O)NCC2(C(=O)O)CCC(S(C)(=O)=O)CC2)c(Cl)c1-c1ccc(CC(C)(C)C(F)(F)F)cc1OC(F)F. The number of hydrogen-bond donors (Lipinski definition) is 2. The molecule has 1 aromatic carbocycles. The van der Waals surface area contributed by atoms with E-state index in [-0.39, 0.29) is 66.3 Å². The number of carboxylic acids is 1. The van der Waals surface area contributed by atoms with E-state index in [0.29, 0.717) is 0 Å². The van der Waals surface area contributed by atoms with Crippen molar-refractivity contribution in [3.8, 4) is 17.0 Å². The Morgan fingerprint density at radius 3 is 2.33 bits per heavy atom. The molecule has 0 radical (unpaired) electrons. The van der Waals surface area contributed by atoms with E-state index in [1.54, 1.807) is 6.92 Å². The quantitative estimate of drug-likeness (QED) is 0.295. The van der Waals surface area contributed by atoms with Crippen molar-refractivity contribution in [3.05, 3.63) is 34.5 Å². The number of rotatable bonds is 11. The van der Waals surface area contributed by atoms with Crippen molar-refractivity contribution in [1.29, 1.82) is 0 Å². The molecule has 0 unspecified atom stereocenters. The van der Waals surface area contributed by atoms with E-state index in [2.05, 4.69) is 15.2 Å². The summed E-state index contributed by atoms with van der Waals surface area (Å²) in [5.41, 5.74) is -3.90. The van der Waals surface area contributed by atoms with Crippen LogP contribution in [0.4, 0.5) is 22.0 Å². The summed E-state index contributed by atoms with van der Waals surface area (Å²) < 4.78 is 96.7. The molecule has 1 heterocycles. The van der Waals surface area contributed by atoms with Crippen LogP contribution >= 0.6 is 11.6 Å². The number of carbonyl (C=O) groups is 2. The molecular weight excluding hydrogens is 625 g/mol. The second-order valence-electron chi connectivity index (χ2n) is 11.4. The van der Waals surface area contributed by atoms with Crippen molar-refractivity contribution in [3.63, 3.8) is 0 Å². The first-order valence-corrected chi connectivity index (χ1v) is 15.7. The van der Waals surface area contributed by atoms with Crippen molar-refractivity contribution in [2.75, 3.05) is 12.8 Å². The monoisotopic (exact) mass is 657 g/mol. The van der Waals surface area contributed by atoms with Crippen LogP contribution in [0.15, 0.2) is 18.2 Å². The summed E-state index contributed by atoms with van der Waals surface area (Å²) in [7, 11) is -3.36. The fourth-order valence-electron chi connectivity index (χ4n) is 5.12. The molecule has 2 N–H and O–H groups in total. The average Bonchev–Trinajstić information content (AvgIpc) is 3.21. The highest BCUT2D eigenvalue weighted by Crippen LogP contribution is 2.43. The Hall–Kier alpha value is -2.94. The first kappa shape index (κ1) is 34.5. The number of alkyl halides is 5. The number of nitrogens with zero attached hydrogens (tertiary/aromatic N) is 2. The summed E-state index contributed by atoms with van der Waals surface area (Å²) in [6.07, 6.45) is -3.76. The summed E-state index contributed by atoms with van der Waals surface area (Å²) in [6.45, 7) is 0.0240. The number of hydrogen-bond acceptors (Lipinski definition) is 6. The Morgan fingerprint density at radius 1 is 1.23 bits per heavy atom. The van der Waals surface area contributed by atoms with Gasteiger partial charge in [-0.1, -0.05) is 31.5 Å². The van der Waals surface area contributed by atoms with Crippen LogP contribution in [-0.4, -0.2) is 66.0 Å². The van der Waals surface area contributed by atoms with E-state index in [4.69, 9.17) is 11.6 Å². The zero-order chi connectivity index (χ0) is 32.5. The van der Waals surface area contributed by atoms with Gasteiger partial charge in [-0.15, -0.1) is 0 Å². The molecule has 1 aromatic heterocycles. The molecule has 9 nitrogen and oxygen atoms in total. The number of carbonyl (C=O) groups excluding carboxylic acids is 1. The minimum absolute atomic E-state index is 0.00629. The maximum atomic E-state index is 13.4. The smallest absolute Gasteiger partial charge is 0.394 e. The molecule has 3 rings (SSSR count). The van der Waals surface area contributed by atoms with Gasteiger partial charge in [-0.25, -0.2) is 8.42 Å². The largest absolute Gasteiger partial charge is 0.481 e. The van der Waals surface area contributed by atoms with Gasteiger partial charge in [0.25, 0.3) is 5.91 Å². The fraction of sp³-hybridized carbons (Fsp3) is 0.593. The summed E-state index contributed by atoms with van der Waals surface area (Å²) in [5.74, 6) is -2.53. The molecule has 2 aromatic rings. The number of nitrogens with one attached hydrogen (secondary N) is 1. The summed E-state index contributed by atoms with van der Waals surface area (Å²) in [5, 5.41) is 15.6. The first-order chi connectivity index (χ1) is 19.7. The van der Waals surface area contributed by atoms with Crippen LogP contribution in [0.25, 0.3) is 11.3 Å². The number of aliphatic carboxylic acids is 1. The van der Waals surface area contributed by atoms with Gasteiger partial charge in [0.1, 0.15) is 15.6 Å². The van der Waals surface area contributed by atoms with Crippen molar-refractivity contribution < 1.29 is 49.8 Å². The van der Waals surface area contributed by atoms with E-state index < -0.39 is 62.8 Å². The molecule has 1 aliphatic rings. The van der Waals surface area contributed by atoms with E-state index in [1.807, 2.05) is 0 Å². The number of aromatic nitrogens is 2. The normalized spacial score (nSPS) is 19.8. The predicted molar refractivity (Wildman–Crippen MR) is 148 cm³/mol. The van der Waals surface area contributed by atoms with Crippen LogP contribution in [0.1, 0.15) is 62.5 Å². The molecule has 1 fully saturated rings. The second-order valence-corrected chi connectivity index (χ2v) is 14.1. The number of ether oxygens (including phenoxy) is 1. The number of benzene rings is 1. The number of sulfone groups is 1. The van der Waals surface area contributed by atoms with Crippen LogP contribution in [0.3, 0.4) is 0 Å². The number of amides is 1. The Labute approximate surface area is 250 Å². The van der Waals surface area contributed by atoms with Gasteiger partial charge in [0.2, 0.25) is 0 Å². The maximum Gasteiger partial charge on any atom is 0.394 e. The van der Waals surface area contributed by atoms with Crippen molar-refractivity contribution in [2.24, 2.45) is 10.8 Å². The Morgan fingerprint density at radius 2 is 1.84 bits per heavy atom. The van der Waals surface area contributed by atoms with Crippen LogP contribution in [-0.2, 0) is 27.6 Å². The number of halogens is 6. The van der Waals surface area contributed by atoms with Gasteiger partial charge in [-0.2, -0.15) is 27.1 Å². The highest BCUT2D eigenvalue weighted by molar-refractivity contribution is 7.91. The second kappa shape index (κ2) is 12.6. The van der Waals surface area contributed by atoms with Crippen molar-refractivity contribution in [2.45, 2.75) is 77.5 Å². The molecule has 0 bridgehead atoms. The zero-order valence-electron chi connectivity index (χ0n) is 23.9. The highest BCUT2D eigenvalue weighted by Gasteiger charge is 2.47. The average molecular weight is 658 g/mol. The van der Waals surface area contributed by atoms with Crippen LogP contribution in [0.5, 0.6) is 5.75 Å². The lowest BCUT2D eigenvalue weighted by Gasteiger charge is -2.36. The third kappa shape index (κ3) is 7.59. The molecular formula is C27H33ClF5N3O6S. The molecule has 16 heteroatoms. The topological polar surface area (TPSA) is 128 Å². The first-order valence-electron chi connectivity index (χ1n) is 13.3. The van der Waals surface area contributed by atoms with Crippen molar-refractivity contribution >= 4 is 33.3 Å². The lowest BCUT2D eigenvalue weighted by molar-refractivity contribution is -0.211. The summed E-state index contributed by atoms with van der Waals surface area (Å²) >= 11 is 6.52. The Balaban J connectivity index is 1.93. The molecule has 43 heavy (non-hydrogen) atoms. The van der Waals surface area contributed by atoms with Gasteiger partial charge in [0.05, 0.1) is 26.8 Å². The minimum atomic E-state index is -4.56. The van der Waals surface area contributed by atoms with Crippen LogP contribution in [0, 0.1) is 10.8 Å². The molecule has 1 amide bonds. The Kier molecular flexibility index (Phi) is 10.1. The molecule has 0 atom stereocenters. The number of carboxylic acid groups (broad SMARTS) is 1. The van der Waals surface area contributed by atoms with Crippen LogP contribution < -0.4 is 10.1 Å². The highest BCUT2D eigenvalue weighted by atomic mass is 35.5. The van der Waals surface area contributed by atoms with Crippen LogP contribution in [0.2, 0.25) is 5.02 Å². The maximum absolute atomic E-state index is 13.4. The van der Waals surface area contributed by atoms with Gasteiger partial charge < -0.3 is 15.2 Å². The molecule has 0 aliphatic heterocycles. The van der Waals surface area contributed by atoms with Gasteiger partial charge in [-0.05, 0) is 56.7 Å². The van der Waals surface area contributed by atoms with E-state index in [1.165, 1.54) is 16.8 Å². The summed E-state index contributed by atoms with van der Waals surface area (Å²) in [6, 6.07) is 3.63. The Bertz CT molecular complexity index is 1470. The lowest BCUT2D eigenvalue weighted by Crippen LogP contribution is -2.47. The van der Waals surface area contributed by atoms with Gasteiger partial charge in [-0.3, -0.25) is 14.3 Å². The predicted octanol–water partition coefficient (Wildman–Crippen LogP) is 5.74. The van der Waals surface area contributed by atoms with Gasteiger partial charge in [0, 0.05) is 24.9 Å². The third-order valence-corrected chi connectivity index (χ3v) is 9.92. The molecule has 0 saturated heterocycles. The van der Waals surface area contributed by atoms with E-state index in [0.717, 1.165) is 26.2 Å². The molecule has 0 spiro atoms. The number of aryl methyl sites for hydroxylation is 1. The van der Waals surface area contributed by atoms with E-state index in [9.17, 15) is 45.1 Å². The summed E-state index contributed by atoms with van der Waals surface area (Å²) in [4.78, 5) is 25.3. The third-order valence-electron chi connectivity index (χ3n) is 7.88. The molecule has 240 valence electrons. The van der Waals surface area contributed by atoms with Gasteiger partial charge in [0.15, 0.2) is 5.69 Å². The molecule has 1 aliphatic carbocycles. The van der Waals surface area contributed by atoms with Crippen molar-refractivity contribution in [1.82, 2.24) is 15.1 Å². The zero-order valence-corrected chi connectivity index (χ0v) is 25.5. The van der Waals surface area contributed by atoms with E-state index >= 15 is 0 Å². The van der Waals surface area contributed by atoms with Gasteiger partial charge >= 0.3 is 18.8 Å². The molecule has 1 saturated carbocycles. The lowest BCUT2D eigenvalue weighted by atomic mass is 9.74. The fourth-order valence-corrected chi connectivity index (χ4v) is 6.53. The standard InChI is InChI=1S/C27H33ClF5N3O6S/c1-5-36-21(17-7-6-15(12-18(17)42-24(29)30)13-25(2,3)27(31,32)33)19(28)20(35-36)22(37)34-14-26(23(38)39)10-8-16(9-11-26)43(4,40)41/h6-7,12,16,24H,5,8-11,13-14H2,1-4H3,(H,34,37)(H,38,39). The minimum Gasteiger partial charge on any atom is -0.481 e.